The lowest BCUT2D eigenvalue weighted by molar-refractivity contribution is 0.0713. The summed E-state index contributed by atoms with van der Waals surface area (Å²) in [7, 11) is 1.66. The van der Waals surface area contributed by atoms with Crippen molar-refractivity contribution < 1.29 is 18.3 Å². The van der Waals surface area contributed by atoms with Crippen LogP contribution in [0, 0.1) is 11.6 Å². The van der Waals surface area contributed by atoms with Crippen molar-refractivity contribution in [2.75, 3.05) is 25.3 Å². The molecule has 0 spiro atoms. The summed E-state index contributed by atoms with van der Waals surface area (Å²) in [6, 6.07) is 11.7. The molecule has 0 bridgehead atoms. The first kappa shape index (κ1) is 22.5. The van der Waals surface area contributed by atoms with E-state index < -0.39 is 17.2 Å². The Labute approximate surface area is 207 Å². The zero-order valence-corrected chi connectivity index (χ0v) is 20.1. The van der Waals surface area contributed by atoms with Gasteiger partial charge in [0, 0.05) is 19.3 Å². The fraction of sp³-hybridized carbons (Fsp3) is 0.286. The molecule has 0 radical (unpaired) electrons. The molecule has 6 rings (SSSR count). The minimum absolute atomic E-state index is 0.00391. The number of benzene rings is 2. The molecule has 2 aromatic carbocycles. The van der Waals surface area contributed by atoms with Crippen molar-refractivity contribution in [2.24, 2.45) is 0 Å². The van der Waals surface area contributed by atoms with Gasteiger partial charge in [-0.15, -0.1) is 0 Å². The highest BCUT2D eigenvalue weighted by molar-refractivity contribution is 5.96. The molecule has 0 N–H and O–H groups in total. The third kappa shape index (κ3) is 2.93. The van der Waals surface area contributed by atoms with E-state index in [0.717, 1.165) is 29.5 Å². The van der Waals surface area contributed by atoms with Crippen LogP contribution in [0.25, 0.3) is 6.08 Å². The van der Waals surface area contributed by atoms with E-state index in [1.54, 1.807) is 17.9 Å². The van der Waals surface area contributed by atoms with Gasteiger partial charge < -0.3 is 9.64 Å². The van der Waals surface area contributed by atoms with E-state index in [0.29, 0.717) is 24.2 Å². The molecule has 6 nitrogen and oxygen atoms in total. The standard InChI is InChI=1S/C28H25F2N3O3/c1-3-4-11-36-26-24(34)9-10-32-25(26)27(35)31(2)16-33(32)28-19(12-17-7-5-6-8-20(17)28)13-18-14-22(29)23(30)15-21(18)28/h5-10,12,14-15H,3-4,11,13,16H2,1-2H3. The maximum atomic E-state index is 14.7. The Morgan fingerprint density at radius 2 is 1.83 bits per heavy atom. The van der Waals surface area contributed by atoms with Crippen molar-refractivity contribution in [1.29, 1.82) is 0 Å². The van der Waals surface area contributed by atoms with Crippen LogP contribution in [-0.2, 0) is 12.0 Å². The predicted octanol–water partition coefficient (Wildman–Crippen LogP) is 4.18. The summed E-state index contributed by atoms with van der Waals surface area (Å²) >= 11 is 0. The zero-order chi connectivity index (χ0) is 25.2. The number of rotatable bonds is 5. The van der Waals surface area contributed by atoms with Crippen LogP contribution < -0.4 is 15.2 Å². The summed E-state index contributed by atoms with van der Waals surface area (Å²) in [6.07, 6.45) is 5.68. The number of halogens is 2. The molecule has 2 heterocycles. The number of aromatic nitrogens is 1. The summed E-state index contributed by atoms with van der Waals surface area (Å²) in [4.78, 5) is 27.8. The van der Waals surface area contributed by atoms with Crippen molar-refractivity contribution >= 4 is 12.0 Å². The Balaban J connectivity index is 1.64. The molecular weight excluding hydrogens is 464 g/mol. The van der Waals surface area contributed by atoms with E-state index in [2.05, 4.69) is 6.08 Å². The van der Waals surface area contributed by atoms with Crippen LogP contribution in [0.5, 0.6) is 5.75 Å². The second-order valence-corrected chi connectivity index (χ2v) is 9.52. The molecule has 1 amide bonds. The van der Waals surface area contributed by atoms with Crippen LogP contribution in [0.2, 0.25) is 0 Å². The molecule has 1 unspecified atom stereocenters. The van der Waals surface area contributed by atoms with Gasteiger partial charge in [-0.25, -0.2) is 8.78 Å². The van der Waals surface area contributed by atoms with Gasteiger partial charge in [0.15, 0.2) is 23.1 Å². The maximum Gasteiger partial charge on any atom is 0.277 e. The second kappa shape index (κ2) is 8.05. The zero-order valence-electron chi connectivity index (χ0n) is 20.1. The van der Waals surface area contributed by atoms with Gasteiger partial charge in [-0.05, 0) is 52.8 Å². The Hall–Kier alpha value is -3.94. The lowest BCUT2D eigenvalue weighted by Crippen LogP contribution is -2.61. The van der Waals surface area contributed by atoms with Crippen LogP contribution >= 0.6 is 0 Å². The minimum atomic E-state index is -0.986. The van der Waals surface area contributed by atoms with Gasteiger partial charge in [-0.3, -0.25) is 19.3 Å². The molecular formula is C28H25F2N3O3. The Bertz CT molecular complexity index is 1510. The summed E-state index contributed by atoms with van der Waals surface area (Å²) in [5, 5.41) is 1.96. The van der Waals surface area contributed by atoms with Crippen molar-refractivity contribution in [2.45, 2.75) is 31.7 Å². The molecule has 0 fully saturated rings. The number of nitrogens with zero attached hydrogens (tertiary/aromatic N) is 3. The number of fused-ring (bicyclic) bond motifs is 6. The topological polar surface area (TPSA) is 54.8 Å². The summed E-state index contributed by atoms with van der Waals surface area (Å²) in [5.74, 6) is -2.15. The van der Waals surface area contributed by atoms with E-state index in [1.165, 1.54) is 23.1 Å². The Morgan fingerprint density at radius 3 is 2.64 bits per heavy atom. The fourth-order valence-corrected chi connectivity index (χ4v) is 5.78. The molecule has 3 aromatic rings. The van der Waals surface area contributed by atoms with E-state index in [1.807, 2.05) is 36.2 Å². The SMILES string of the molecule is CCCCOc1c2n(ccc1=O)N(C13C(=Cc4ccccc41)Cc1cc(F)c(F)cc13)CN(C)C2=O. The monoisotopic (exact) mass is 489 g/mol. The van der Waals surface area contributed by atoms with Crippen molar-refractivity contribution in [3.8, 4) is 5.75 Å². The molecule has 1 aliphatic heterocycles. The largest absolute Gasteiger partial charge is 0.487 e. The van der Waals surface area contributed by atoms with E-state index >= 15 is 0 Å². The van der Waals surface area contributed by atoms with Crippen LogP contribution in [0.3, 0.4) is 0 Å². The molecule has 0 saturated heterocycles. The van der Waals surface area contributed by atoms with Crippen LogP contribution in [-0.4, -0.2) is 35.8 Å². The number of carbonyl (C=O) groups is 1. The van der Waals surface area contributed by atoms with Gasteiger partial charge >= 0.3 is 0 Å². The van der Waals surface area contributed by atoms with E-state index in [9.17, 15) is 18.4 Å². The summed E-state index contributed by atoms with van der Waals surface area (Å²) in [5.41, 5.74) is 2.91. The van der Waals surface area contributed by atoms with E-state index in [4.69, 9.17) is 4.74 Å². The normalized spacial score (nSPS) is 19.6. The third-order valence-corrected chi connectivity index (χ3v) is 7.38. The van der Waals surface area contributed by atoms with E-state index in [-0.39, 0.29) is 29.4 Å². The fourth-order valence-electron chi connectivity index (χ4n) is 5.78. The average molecular weight is 490 g/mol. The average Bonchev–Trinajstić information content (AvgIpc) is 3.34. The lowest BCUT2D eigenvalue weighted by atomic mass is 9.83. The van der Waals surface area contributed by atoms with Crippen LogP contribution in [0.4, 0.5) is 8.78 Å². The van der Waals surface area contributed by atoms with Crippen molar-refractivity contribution in [3.05, 3.63) is 104 Å². The smallest absolute Gasteiger partial charge is 0.277 e. The number of hydrogen-bond donors (Lipinski definition) is 0. The van der Waals surface area contributed by atoms with Crippen molar-refractivity contribution in [1.82, 2.24) is 9.58 Å². The minimum Gasteiger partial charge on any atom is -0.487 e. The highest BCUT2D eigenvalue weighted by Crippen LogP contribution is 2.55. The molecule has 3 aliphatic rings. The first-order valence-electron chi connectivity index (χ1n) is 12.1. The summed E-state index contributed by atoms with van der Waals surface area (Å²) < 4.78 is 36.5. The molecule has 184 valence electrons. The maximum absolute atomic E-state index is 14.7. The van der Waals surface area contributed by atoms with Gasteiger partial charge in [0.05, 0.1) is 6.61 Å². The second-order valence-electron chi connectivity index (χ2n) is 9.52. The number of pyridine rings is 1. The van der Waals surface area contributed by atoms with Crippen LogP contribution in [0.15, 0.2) is 59.0 Å². The van der Waals surface area contributed by atoms with Crippen LogP contribution in [0.1, 0.15) is 52.5 Å². The number of hydrogen-bond acceptors (Lipinski definition) is 4. The molecule has 0 saturated carbocycles. The highest BCUT2D eigenvalue weighted by Gasteiger charge is 2.55. The highest BCUT2D eigenvalue weighted by atomic mass is 19.2. The molecule has 1 atom stereocenters. The Kier molecular flexibility index (Phi) is 5.03. The number of carbonyl (C=O) groups excluding carboxylic acids is 1. The lowest BCUT2D eigenvalue weighted by Gasteiger charge is -2.49. The van der Waals surface area contributed by atoms with Crippen molar-refractivity contribution in [3.63, 3.8) is 0 Å². The number of unbranched alkanes of at least 4 members (excludes halogenated alkanes) is 1. The Morgan fingerprint density at radius 1 is 1.06 bits per heavy atom. The number of amides is 1. The van der Waals surface area contributed by atoms with Gasteiger partial charge in [-0.1, -0.05) is 43.7 Å². The molecule has 1 aromatic heterocycles. The van der Waals surface area contributed by atoms with Gasteiger partial charge in [0.1, 0.15) is 12.2 Å². The number of ether oxygens (including phenoxy) is 1. The first-order valence-corrected chi connectivity index (χ1v) is 12.1. The third-order valence-electron chi connectivity index (χ3n) is 7.38. The quantitative estimate of drug-likeness (QED) is 0.505. The molecule has 36 heavy (non-hydrogen) atoms. The van der Waals surface area contributed by atoms with Gasteiger partial charge in [0.25, 0.3) is 5.91 Å². The molecule has 8 heteroatoms. The molecule has 2 aliphatic carbocycles. The van der Waals surface area contributed by atoms with Gasteiger partial charge in [0.2, 0.25) is 5.43 Å². The predicted molar refractivity (Wildman–Crippen MR) is 132 cm³/mol. The summed E-state index contributed by atoms with van der Waals surface area (Å²) in [6.45, 7) is 2.49. The van der Waals surface area contributed by atoms with Gasteiger partial charge in [-0.2, -0.15) is 0 Å². The first-order chi connectivity index (χ1) is 17.4.